The number of nitrogens with one attached hydrogen (secondary N) is 1. The van der Waals surface area contributed by atoms with Crippen molar-refractivity contribution in [2.24, 2.45) is 0 Å². The summed E-state index contributed by atoms with van der Waals surface area (Å²) < 4.78 is 18.4. The van der Waals surface area contributed by atoms with Gasteiger partial charge in [0.2, 0.25) is 0 Å². The first kappa shape index (κ1) is 16.0. The highest BCUT2D eigenvalue weighted by Crippen LogP contribution is 2.13. The Morgan fingerprint density at radius 1 is 1.14 bits per heavy atom. The van der Waals surface area contributed by atoms with Crippen LogP contribution in [0.3, 0.4) is 0 Å². The molecule has 2 rings (SSSR count). The highest BCUT2D eigenvalue weighted by molar-refractivity contribution is 5.80. The minimum absolute atomic E-state index is 0.164. The fourth-order valence-corrected chi connectivity index (χ4v) is 2.00. The maximum absolute atomic E-state index is 12.8. The zero-order valence-corrected chi connectivity index (χ0v) is 12.8. The van der Waals surface area contributed by atoms with Crippen molar-refractivity contribution in [3.63, 3.8) is 0 Å². The van der Waals surface area contributed by atoms with E-state index in [1.165, 1.54) is 12.1 Å². The van der Waals surface area contributed by atoms with Gasteiger partial charge < -0.3 is 10.1 Å². The predicted molar refractivity (Wildman–Crippen MR) is 84.4 cm³/mol. The number of carbonyl (C=O) groups is 1. The summed E-state index contributed by atoms with van der Waals surface area (Å²) in [4.78, 5) is 12.0. The molecule has 1 atom stereocenters. The van der Waals surface area contributed by atoms with Gasteiger partial charge in [0.25, 0.3) is 5.91 Å². The summed E-state index contributed by atoms with van der Waals surface area (Å²) in [5.41, 5.74) is 2.12. The molecule has 0 aliphatic carbocycles. The molecule has 116 valence electrons. The first-order chi connectivity index (χ1) is 10.5. The Morgan fingerprint density at radius 2 is 1.77 bits per heavy atom. The number of carbonyl (C=O) groups excluding carboxylic acids is 1. The van der Waals surface area contributed by atoms with E-state index in [9.17, 15) is 9.18 Å². The van der Waals surface area contributed by atoms with Gasteiger partial charge in [0.15, 0.2) is 6.10 Å². The molecule has 0 radical (unpaired) electrons. The third kappa shape index (κ3) is 4.88. The highest BCUT2D eigenvalue weighted by atomic mass is 19.1. The molecule has 2 aromatic carbocycles. The van der Waals surface area contributed by atoms with Crippen LogP contribution in [-0.2, 0) is 11.2 Å². The van der Waals surface area contributed by atoms with Crippen molar-refractivity contribution in [3.05, 3.63) is 65.5 Å². The van der Waals surface area contributed by atoms with Crippen LogP contribution >= 0.6 is 0 Å². The maximum Gasteiger partial charge on any atom is 0.260 e. The number of hydrogen-bond donors (Lipinski definition) is 1. The van der Waals surface area contributed by atoms with Gasteiger partial charge in [-0.2, -0.15) is 0 Å². The molecule has 0 aliphatic rings. The van der Waals surface area contributed by atoms with Gasteiger partial charge in [-0.1, -0.05) is 29.8 Å². The summed E-state index contributed by atoms with van der Waals surface area (Å²) in [6.45, 7) is 4.20. The van der Waals surface area contributed by atoms with Crippen LogP contribution in [0, 0.1) is 12.7 Å². The van der Waals surface area contributed by atoms with Gasteiger partial charge in [-0.15, -0.1) is 0 Å². The Bertz CT molecular complexity index is 608. The molecular formula is C18H20FNO2. The maximum atomic E-state index is 12.8. The zero-order chi connectivity index (χ0) is 15.9. The Balaban J connectivity index is 1.76. The van der Waals surface area contributed by atoms with Crippen LogP contribution in [0.4, 0.5) is 4.39 Å². The number of amides is 1. The van der Waals surface area contributed by atoms with E-state index in [1.807, 2.05) is 31.2 Å². The average molecular weight is 301 g/mol. The lowest BCUT2D eigenvalue weighted by atomic mass is 10.1. The van der Waals surface area contributed by atoms with E-state index in [2.05, 4.69) is 5.32 Å². The fraction of sp³-hybridized carbons (Fsp3) is 0.278. The Hall–Kier alpha value is -2.36. The van der Waals surface area contributed by atoms with Gasteiger partial charge in [0.1, 0.15) is 11.6 Å². The van der Waals surface area contributed by atoms with Crippen molar-refractivity contribution in [3.8, 4) is 5.75 Å². The number of hydrogen-bond acceptors (Lipinski definition) is 2. The van der Waals surface area contributed by atoms with Crippen molar-refractivity contribution >= 4 is 5.91 Å². The molecule has 0 heterocycles. The van der Waals surface area contributed by atoms with Crippen molar-refractivity contribution in [2.45, 2.75) is 26.4 Å². The fourth-order valence-electron chi connectivity index (χ4n) is 2.00. The lowest BCUT2D eigenvalue weighted by molar-refractivity contribution is -0.127. The molecule has 0 aromatic heterocycles. The smallest absolute Gasteiger partial charge is 0.260 e. The molecule has 0 fully saturated rings. The van der Waals surface area contributed by atoms with Crippen molar-refractivity contribution in [1.29, 1.82) is 0 Å². The third-order valence-electron chi connectivity index (χ3n) is 3.33. The first-order valence-electron chi connectivity index (χ1n) is 7.30. The molecule has 0 bridgehead atoms. The quantitative estimate of drug-likeness (QED) is 0.889. The van der Waals surface area contributed by atoms with E-state index >= 15 is 0 Å². The van der Waals surface area contributed by atoms with Gasteiger partial charge in [-0.25, -0.2) is 4.39 Å². The van der Waals surface area contributed by atoms with E-state index in [-0.39, 0.29) is 11.7 Å². The van der Waals surface area contributed by atoms with Crippen molar-refractivity contribution in [1.82, 2.24) is 5.32 Å². The number of rotatable bonds is 6. The normalized spacial score (nSPS) is 11.8. The largest absolute Gasteiger partial charge is 0.481 e. The van der Waals surface area contributed by atoms with Gasteiger partial charge in [0, 0.05) is 6.54 Å². The molecule has 3 nitrogen and oxygen atoms in total. The summed E-state index contributed by atoms with van der Waals surface area (Å²) in [5, 5.41) is 2.82. The van der Waals surface area contributed by atoms with Crippen molar-refractivity contribution in [2.75, 3.05) is 6.54 Å². The lowest BCUT2D eigenvalue weighted by Gasteiger charge is -2.15. The molecule has 0 spiro atoms. The second kappa shape index (κ2) is 7.59. The molecule has 0 unspecified atom stereocenters. The zero-order valence-electron chi connectivity index (χ0n) is 12.8. The van der Waals surface area contributed by atoms with Crippen LogP contribution in [-0.4, -0.2) is 18.6 Å². The van der Waals surface area contributed by atoms with Gasteiger partial charge >= 0.3 is 0 Å². The van der Waals surface area contributed by atoms with Crippen LogP contribution in [0.5, 0.6) is 5.75 Å². The SMILES string of the molecule is Cc1ccc(O[C@@H](C)C(=O)NCCc2ccc(F)cc2)cc1. The summed E-state index contributed by atoms with van der Waals surface area (Å²) in [6, 6.07) is 13.8. The minimum atomic E-state index is -0.559. The molecule has 0 saturated carbocycles. The molecule has 1 amide bonds. The summed E-state index contributed by atoms with van der Waals surface area (Å²) in [6.07, 6.45) is 0.0967. The molecule has 0 saturated heterocycles. The first-order valence-corrected chi connectivity index (χ1v) is 7.30. The Kier molecular flexibility index (Phi) is 5.53. The molecule has 4 heteroatoms. The second-order valence-electron chi connectivity index (χ2n) is 5.24. The molecule has 0 aliphatic heterocycles. The third-order valence-corrected chi connectivity index (χ3v) is 3.33. The van der Waals surface area contributed by atoms with Gasteiger partial charge in [-0.3, -0.25) is 4.79 Å². The Morgan fingerprint density at radius 3 is 2.41 bits per heavy atom. The number of halogens is 1. The number of aryl methyl sites for hydroxylation is 1. The van der Waals surface area contributed by atoms with E-state index in [0.717, 1.165) is 11.1 Å². The van der Waals surface area contributed by atoms with E-state index in [4.69, 9.17) is 4.74 Å². The van der Waals surface area contributed by atoms with Gasteiger partial charge in [0.05, 0.1) is 0 Å². The lowest BCUT2D eigenvalue weighted by Crippen LogP contribution is -2.37. The molecule has 1 N–H and O–H groups in total. The summed E-state index contributed by atoms with van der Waals surface area (Å²) in [7, 11) is 0. The summed E-state index contributed by atoms with van der Waals surface area (Å²) >= 11 is 0. The summed E-state index contributed by atoms with van der Waals surface area (Å²) in [5.74, 6) is 0.252. The standard InChI is InChI=1S/C18H20FNO2/c1-13-3-9-17(10-4-13)22-14(2)18(21)20-12-11-15-5-7-16(19)8-6-15/h3-10,14H,11-12H2,1-2H3,(H,20,21)/t14-/m0/s1. The van der Waals surface area contributed by atoms with Gasteiger partial charge in [-0.05, 0) is 50.1 Å². The van der Waals surface area contributed by atoms with Crippen LogP contribution in [0.25, 0.3) is 0 Å². The number of benzene rings is 2. The molecule has 22 heavy (non-hydrogen) atoms. The van der Waals surface area contributed by atoms with E-state index < -0.39 is 6.10 Å². The monoisotopic (exact) mass is 301 g/mol. The Labute approximate surface area is 130 Å². The highest BCUT2D eigenvalue weighted by Gasteiger charge is 2.13. The number of ether oxygens (including phenoxy) is 1. The topological polar surface area (TPSA) is 38.3 Å². The van der Waals surface area contributed by atoms with Crippen LogP contribution in [0.15, 0.2) is 48.5 Å². The minimum Gasteiger partial charge on any atom is -0.481 e. The van der Waals surface area contributed by atoms with Crippen molar-refractivity contribution < 1.29 is 13.9 Å². The van der Waals surface area contributed by atoms with Crippen LogP contribution in [0.1, 0.15) is 18.1 Å². The molecular weight excluding hydrogens is 281 g/mol. The van der Waals surface area contributed by atoms with E-state index in [1.54, 1.807) is 19.1 Å². The van der Waals surface area contributed by atoms with E-state index in [0.29, 0.717) is 18.7 Å². The predicted octanol–water partition coefficient (Wildman–Crippen LogP) is 3.26. The van der Waals surface area contributed by atoms with Crippen LogP contribution < -0.4 is 10.1 Å². The average Bonchev–Trinajstić information content (AvgIpc) is 2.51. The molecule has 2 aromatic rings. The van der Waals surface area contributed by atoms with Crippen LogP contribution in [0.2, 0.25) is 0 Å². The second-order valence-corrected chi connectivity index (χ2v) is 5.24.